The van der Waals surface area contributed by atoms with Gasteiger partial charge in [0.15, 0.2) is 0 Å². The van der Waals surface area contributed by atoms with Crippen molar-refractivity contribution in [2.75, 3.05) is 11.9 Å². The van der Waals surface area contributed by atoms with Crippen molar-refractivity contribution in [1.82, 2.24) is 5.43 Å². The van der Waals surface area contributed by atoms with Crippen molar-refractivity contribution in [1.29, 1.82) is 0 Å². The van der Waals surface area contributed by atoms with E-state index < -0.39 is 17.8 Å². The van der Waals surface area contributed by atoms with E-state index in [1.165, 1.54) is 0 Å². The Morgan fingerprint density at radius 1 is 0.794 bits per heavy atom. The third-order valence-corrected chi connectivity index (χ3v) is 4.72. The summed E-state index contributed by atoms with van der Waals surface area (Å²) in [5.74, 6) is -1.16. The number of esters is 1. The fourth-order valence-corrected chi connectivity index (χ4v) is 2.86. The second-order valence-electron chi connectivity index (χ2n) is 7.33. The Hall–Kier alpha value is -4.46. The Balaban J connectivity index is 1.53. The van der Waals surface area contributed by atoms with Gasteiger partial charge in [-0.3, -0.25) is 9.59 Å². The van der Waals surface area contributed by atoms with Crippen molar-refractivity contribution in [3.63, 3.8) is 0 Å². The number of rotatable bonds is 7. The van der Waals surface area contributed by atoms with Gasteiger partial charge in [0.2, 0.25) is 0 Å². The number of ether oxygens (including phenoxy) is 2. The van der Waals surface area contributed by atoms with Crippen LogP contribution in [0.3, 0.4) is 0 Å². The van der Waals surface area contributed by atoms with Gasteiger partial charge in [0.25, 0.3) is 0 Å². The second-order valence-corrected chi connectivity index (χ2v) is 7.33. The standard InChI is InChI=1S/C26H25N3O5/c1-4-33-22-15-11-21(12-16-22)27-24(30)25(31)29-28-18(3)19-9-13-23(14-10-19)34-26(32)20-7-5-17(2)6-8-20/h5-16H,4H2,1-3H3,(H,27,30)(H,29,31). The quantitative estimate of drug-likeness (QED) is 0.182. The molecule has 0 spiro atoms. The number of amides is 2. The van der Waals surface area contributed by atoms with E-state index in [9.17, 15) is 14.4 Å². The van der Waals surface area contributed by atoms with Crippen molar-refractivity contribution in [2.45, 2.75) is 20.8 Å². The Morgan fingerprint density at radius 3 is 2.00 bits per heavy atom. The maximum Gasteiger partial charge on any atom is 0.343 e. The smallest absolute Gasteiger partial charge is 0.343 e. The number of hydrazone groups is 1. The van der Waals surface area contributed by atoms with Gasteiger partial charge in [-0.1, -0.05) is 17.7 Å². The van der Waals surface area contributed by atoms with Crippen molar-refractivity contribution in [2.24, 2.45) is 5.10 Å². The topological polar surface area (TPSA) is 106 Å². The molecule has 0 heterocycles. The summed E-state index contributed by atoms with van der Waals surface area (Å²) in [5.41, 5.74) is 5.35. The normalized spacial score (nSPS) is 10.9. The molecule has 0 saturated heterocycles. The van der Waals surface area contributed by atoms with Gasteiger partial charge in [0.05, 0.1) is 17.9 Å². The molecule has 3 aromatic rings. The summed E-state index contributed by atoms with van der Waals surface area (Å²) in [6, 6.07) is 20.4. The van der Waals surface area contributed by atoms with Gasteiger partial charge in [-0.2, -0.15) is 5.10 Å². The summed E-state index contributed by atoms with van der Waals surface area (Å²) < 4.78 is 10.7. The minimum absolute atomic E-state index is 0.376. The fourth-order valence-electron chi connectivity index (χ4n) is 2.86. The molecule has 3 aromatic carbocycles. The lowest BCUT2D eigenvalue weighted by atomic mass is 10.1. The first-order chi connectivity index (χ1) is 16.4. The van der Waals surface area contributed by atoms with Crippen molar-refractivity contribution in [3.8, 4) is 11.5 Å². The van der Waals surface area contributed by atoms with Crippen molar-refractivity contribution < 1.29 is 23.9 Å². The number of carbonyl (C=O) groups is 3. The molecule has 0 atom stereocenters. The number of nitrogens with one attached hydrogen (secondary N) is 2. The highest BCUT2D eigenvalue weighted by molar-refractivity contribution is 6.39. The summed E-state index contributed by atoms with van der Waals surface area (Å²) in [6.45, 7) is 6.03. The Morgan fingerprint density at radius 2 is 1.38 bits per heavy atom. The molecule has 174 valence electrons. The van der Waals surface area contributed by atoms with Crippen LogP contribution in [0.15, 0.2) is 77.9 Å². The van der Waals surface area contributed by atoms with Gasteiger partial charge in [-0.25, -0.2) is 10.2 Å². The first-order valence-corrected chi connectivity index (χ1v) is 10.6. The van der Waals surface area contributed by atoms with E-state index in [4.69, 9.17) is 9.47 Å². The predicted molar refractivity (Wildman–Crippen MR) is 129 cm³/mol. The zero-order chi connectivity index (χ0) is 24.5. The number of anilines is 1. The third kappa shape index (κ3) is 6.77. The molecular weight excluding hydrogens is 434 g/mol. The number of hydrogen-bond donors (Lipinski definition) is 2. The number of carbonyl (C=O) groups excluding carboxylic acids is 3. The molecular formula is C26H25N3O5. The molecule has 0 aromatic heterocycles. The van der Waals surface area contributed by atoms with E-state index in [2.05, 4.69) is 15.8 Å². The van der Waals surface area contributed by atoms with Crippen LogP contribution in [0.1, 0.15) is 35.3 Å². The van der Waals surface area contributed by atoms with Crippen LogP contribution in [0.25, 0.3) is 0 Å². The average Bonchev–Trinajstić information content (AvgIpc) is 2.84. The molecule has 34 heavy (non-hydrogen) atoms. The van der Waals surface area contributed by atoms with Gasteiger partial charge >= 0.3 is 17.8 Å². The zero-order valence-electron chi connectivity index (χ0n) is 19.1. The largest absolute Gasteiger partial charge is 0.494 e. The van der Waals surface area contributed by atoms with E-state index in [1.807, 2.05) is 26.0 Å². The molecule has 0 bridgehead atoms. The molecule has 0 radical (unpaired) electrons. The molecule has 2 N–H and O–H groups in total. The highest BCUT2D eigenvalue weighted by Crippen LogP contribution is 2.16. The van der Waals surface area contributed by atoms with Crippen LogP contribution < -0.4 is 20.2 Å². The Bertz CT molecular complexity index is 1180. The lowest BCUT2D eigenvalue weighted by Gasteiger charge is -2.07. The van der Waals surface area contributed by atoms with Crippen LogP contribution >= 0.6 is 0 Å². The van der Waals surface area contributed by atoms with E-state index in [-0.39, 0.29) is 0 Å². The second kappa shape index (κ2) is 11.4. The maximum atomic E-state index is 12.2. The zero-order valence-corrected chi connectivity index (χ0v) is 19.1. The lowest BCUT2D eigenvalue weighted by Crippen LogP contribution is -2.32. The third-order valence-electron chi connectivity index (χ3n) is 4.72. The van der Waals surface area contributed by atoms with E-state index in [1.54, 1.807) is 67.6 Å². The summed E-state index contributed by atoms with van der Waals surface area (Å²) in [6.07, 6.45) is 0. The monoisotopic (exact) mass is 459 g/mol. The molecule has 0 saturated carbocycles. The van der Waals surface area contributed by atoms with Crippen molar-refractivity contribution >= 4 is 29.2 Å². The highest BCUT2D eigenvalue weighted by atomic mass is 16.5. The van der Waals surface area contributed by atoms with Gasteiger partial charge < -0.3 is 14.8 Å². The van der Waals surface area contributed by atoms with Crippen LogP contribution in [-0.4, -0.2) is 30.1 Å². The van der Waals surface area contributed by atoms with E-state index >= 15 is 0 Å². The van der Waals surface area contributed by atoms with E-state index in [0.29, 0.717) is 40.6 Å². The number of hydrogen-bond acceptors (Lipinski definition) is 6. The molecule has 2 amide bonds. The molecule has 0 aliphatic rings. The Kier molecular flexibility index (Phi) is 8.12. The van der Waals surface area contributed by atoms with Gasteiger partial charge in [0, 0.05) is 5.69 Å². The predicted octanol–water partition coefficient (Wildman–Crippen LogP) is 4.09. The lowest BCUT2D eigenvalue weighted by molar-refractivity contribution is -0.136. The summed E-state index contributed by atoms with van der Waals surface area (Å²) >= 11 is 0. The number of aryl methyl sites for hydroxylation is 1. The minimum atomic E-state index is -0.906. The highest BCUT2D eigenvalue weighted by Gasteiger charge is 2.14. The molecule has 3 rings (SSSR count). The van der Waals surface area contributed by atoms with Gasteiger partial charge in [-0.05, 0) is 87.0 Å². The molecule has 8 heteroatoms. The average molecular weight is 460 g/mol. The molecule has 0 aliphatic carbocycles. The van der Waals surface area contributed by atoms with Gasteiger partial charge in [0.1, 0.15) is 11.5 Å². The van der Waals surface area contributed by atoms with Gasteiger partial charge in [-0.15, -0.1) is 0 Å². The van der Waals surface area contributed by atoms with E-state index in [0.717, 1.165) is 5.56 Å². The van der Waals surface area contributed by atoms with Crippen LogP contribution in [-0.2, 0) is 9.59 Å². The minimum Gasteiger partial charge on any atom is -0.494 e. The molecule has 0 fully saturated rings. The van der Waals surface area contributed by atoms with Crippen LogP contribution in [0, 0.1) is 6.92 Å². The molecule has 0 unspecified atom stereocenters. The number of nitrogens with zero attached hydrogens (tertiary/aromatic N) is 1. The fraction of sp³-hybridized carbons (Fsp3) is 0.154. The Labute approximate surface area is 197 Å². The molecule has 8 nitrogen and oxygen atoms in total. The SMILES string of the molecule is CCOc1ccc(NC(=O)C(=O)NN=C(C)c2ccc(OC(=O)c3ccc(C)cc3)cc2)cc1. The van der Waals surface area contributed by atoms with Crippen molar-refractivity contribution in [3.05, 3.63) is 89.5 Å². The van der Waals surface area contributed by atoms with Crippen LogP contribution in [0.4, 0.5) is 5.69 Å². The van der Waals surface area contributed by atoms with Crippen LogP contribution in [0.2, 0.25) is 0 Å². The summed E-state index contributed by atoms with van der Waals surface area (Å²) in [4.78, 5) is 36.4. The summed E-state index contributed by atoms with van der Waals surface area (Å²) in [5, 5.41) is 6.46. The maximum absolute atomic E-state index is 12.2. The first-order valence-electron chi connectivity index (χ1n) is 10.6. The van der Waals surface area contributed by atoms with Crippen LogP contribution in [0.5, 0.6) is 11.5 Å². The first kappa shape index (κ1) is 24.2. The molecule has 0 aliphatic heterocycles. The number of benzene rings is 3. The summed E-state index contributed by atoms with van der Waals surface area (Å²) in [7, 11) is 0.